The first-order valence-electron chi connectivity index (χ1n) is 11.7. The SMILES string of the molecule is COCOc1cc(OC)cc2c1C(=O)O[C@@H](C)[C@H](OCOC)C=CC(O)C1OC(C)(C)O[C@H]1CC=C2. The van der Waals surface area contributed by atoms with Crippen LogP contribution in [0.2, 0.25) is 0 Å². The maximum atomic E-state index is 13.4. The van der Waals surface area contributed by atoms with Crippen molar-refractivity contribution in [3.8, 4) is 11.5 Å². The van der Waals surface area contributed by atoms with E-state index in [4.69, 9.17) is 37.9 Å². The number of hydrogen-bond donors (Lipinski definition) is 1. The molecule has 0 amide bonds. The first-order chi connectivity index (χ1) is 17.2. The molecular weight excluding hydrogens is 472 g/mol. The number of methoxy groups -OCH3 is 3. The van der Waals surface area contributed by atoms with Gasteiger partial charge < -0.3 is 43.0 Å². The average molecular weight is 509 g/mol. The molecule has 0 bridgehead atoms. The van der Waals surface area contributed by atoms with E-state index in [0.717, 1.165) is 0 Å². The second kappa shape index (κ2) is 12.7. The van der Waals surface area contributed by atoms with Gasteiger partial charge in [0.1, 0.15) is 48.3 Å². The lowest BCUT2D eigenvalue weighted by Crippen LogP contribution is -2.35. The third kappa shape index (κ3) is 7.06. The number of cyclic esters (lactones) is 1. The van der Waals surface area contributed by atoms with E-state index < -0.39 is 42.3 Å². The number of benzene rings is 1. The Morgan fingerprint density at radius 3 is 2.53 bits per heavy atom. The fourth-order valence-electron chi connectivity index (χ4n) is 4.10. The van der Waals surface area contributed by atoms with E-state index in [2.05, 4.69) is 0 Å². The second-order valence-electron chi connectivity index (χ2n) is 8.94. The van der Waals surface area contributed by atoms with Gasteiger partial charge in [-0.3, -0.25) is 0 Å². The molecule has 36 heavy (non-hydrogen) atoms. The molecule has 0 spiro atoms. The number of aliphatic hydroxyl groups is 1. The van der Waals surface area contributed by atoms with Crippen LogP contribution < -0.4 is 9.47 Å². The zero-order valence-electron chi connectivity index (χ0n) is 21.6. The summed E-state index contributed by atoms with van der Waals surface area (Å²) >= 11 is 0. The lowest BCUT2D eigenvalue weighted by atomic mass is 10.0. The summed E-state index contributed by atoms with van der Waals surface area (Å²) in [6.07, 6.45) is 3.76. The molecule has 2 unspecified atom stereocenters. The molecule has 10 heteroatoms. The molecular formula is C26H36O10. The van der Waals surface area contributed by atoms with Crippen LogP contribution in [0.25, 0.3) is 6.08 Å². The van der Waals surface area contributed by atoms with Gasteiger partial charge in [0.15, 0.2) is 12.6 Å². The van der Waals surface area contributed by atoms with Crippen LogP contribution in [0.5, 0.6) is 11.5 Å². The molecule has 3 rings (SSSR count). The molecule has 200 valence electrons. The minimum atomic E-state index is -0.980. The summed E-state index contributed by atoms with van der Waals surface area (Å²) in [6, 6.07) is 3.31. The fraction of sp³-hybridized carbons (Fsp3) is 0.577. The largest absolute Gasteiger partial charge is 0.497 e. The summed E-state index contributed by atoms with van der Waals surface area (Å²) < 4.78 is 44.7. The zero-order valence-corrected chi connectivity index (χ0v) is 21.6. The van der Waals surface area contributed by atoms with Gasteiger partial charge in [0.2, 0.25) is 0 Å². The standard InChI is InChI=1S/C26H36O10/c1-16-20(32-14-29-4)11-10-19(27)24-21(35-26(2,3)36-24)9-7-8-17-12-18(31-6)13-22(33-15-30-5)23(17)25(28)34-16/h7-8,10-13,16,19-21,24,27H,9,14-15H2,1-6H3/t16-,19?,20+,21-,24?/m0/s1. The zero-order chi connectivity index (χ0) is 26.3. The van der Waals surface area contributed by atoms with Crippen molar-refractivity contribution < 1.29 is 47.8 Å². The van der Waals surface area contributed by atoms with Crippen molar-refractivity contribution in [1.29, 1.82) is 0 Å². The number of carbonyl (C=O) groups is 1. The summed E-state index contributed by atoms with van der Waals surface area (Å²) in [5.74, 6) is -0.745. The van der Waals surface area contributed by atoms with Crippen LogP contribution in [0.4, 0.5) is 0 Å². The van der Waals surface area contributed by atoms with Crippen molar-refractivity contribution in [2.75, 3.05) is 34.9 Å². The van der Waals surface area contributed by atoms with E-state index in [1.165, 1.54) is 21.3 Å². The Morgan fingerprint density at radius 2 is 1.83 bits per heavy atom. The first kappa shape index (κ1) is 28.1. The molecule has 1 aromatic carbocycles. The van der Waals surface area contributed by atoms with Crippen LogP contribution in [0.15, 0.2) is 30.4 Å². The van der Waals surface area contributed by atoms with Crippen LogP contribution in [-0.4, -0.2) is 82.3 Å². The van der Waals surface area contributed by atoms with Crippen LogP contribution in [0.3, 0.4) is 0 Å². The molecule has 1 aromatic rings. The molecule has 1 saturated heterocycles. The van der Waals surface area contributed by atoms with Gasteiger partial charge in [0.25, 0.3) is 0 Å². The molecule has 0 aliphatic carbocycles. The van der Waals surface area contributed by atoms with Crippen LogP contribution >= 0.6 is 0 Å². The molecule has 2 aliphatic heterocycles. The lowest BCUT2D eigenvalue weighted by Gasteiger charge is -2.24. The van der Waals surface area contributed by atoms with Crippen LogP contribution in [-0.2, 0) is 28.4 Å². The predicted molar refractivity (Wildman–Crippen MR) is 130 cm³/mol. The monoisotopic (exact) mass is 508 g/mol. The molecule has 2 heterocycles. The average Bonchev–Trinajstić information content (AvgIpc) is 3.15. The summed E-state index contributed by atoms with van der Waals surface area (Å²) in [5, 5.41) is 10.9. The minimum Gasteiger partial charge on any atom is -0.497 e. The Labute approximate surface area is 211 Å². The van der Waals surface area contributed by atoms with E-state index in [1.807, 2.05) is 6.08 Å². The van der Waals surface area contributed by atoms with Gasteiger partial charge in [0, 0.05) is 20.3 Å². The Morgan fingerprint density at radius 1 is 1.08 bits per heavy atom. The van der Waals surface area contributed by atoms with Gasteiger partial charge >= 0.3 is 5.97 Å². The van der Waals surface area contributed by atoms with Crippen LogP contribution in [0, 0.1) is 0 Å². The lowest BCUT2D eigenvalue weighted by molar-refractivity contribution is -0.152. The summed E-state index contributed by atoms with van der Waals surface area (Å²) in [6.45, 7) is 5.18. The fourth-order valence-corrected chi connectivity index (χ4v) is 4.10. The molecule has 0 aromatic heterocycles. The molecule has 5 atom stereocenters. The Bertz CT molecular complexity index is 941. The molecule has 1 fully saturated rings. The van der Waals surface area contributed by atoms with Crippen molar-refractivity contribution in [1.82, 2.24) is 0 Å². The highest BCUT2D eigenvalue weighted by molar-refractivity contribution is 5.97. The summed E-state index contributed by atoms with van der Waals surface area (Å²) in [7, 11) is 4.50. The summed E-state index contributed by atoms with van der Waals surface area (Å²) in [5.41, 5.74) is 0.734. The third-order valence-corrected chi connectivity index (χ3v) is 5.73. The van der Waals surface area contributed by atoms with Gasteiger partial charge in [-0.25, -0.2) is 4.79 Å². The predicted octanol–water partition coefficient (Wildman–Crippen LogP) is 3.07. The quantitative estimate of drug-likeness (QED) is 0.335. The van der Waals surface area contributed by atoms with Gasteiger partial charge in [-0.1, -0.05) is 24.3 Å². The van der Waals surface area contributed by atoms with Crippen molar-refractivity contribution in [3.63, 3.8) is 0 Å². The van der Waals surface area contributed by atoms with Crippen molar-refractivity contribution in [3.05, 3.63) is 41.5 Å². The van der Waals surface area contributed by atoms with E-state index in [0.29, 0.717) is 17.7 Å². The normalized spacial score (nSPS) is 28.1. The maximum Gasteiger partial charge on any atom is 0.342 e. The Balaban J connectivity index is 2.07. The smallest absolute Gasteiger partial charge is 0.342 e. The van der Waals surface area contributed by atoms with E-state index in [-0.39, 0.29) is 24.9 Å². The highest BCUT2D eigenvalue weighted by Crippen LogP contribution is 2.34. The molecule has 10 nitrogen and oxygen atoms in total. The number of carbonyl (C=O) groups excluding carboxylic acids is 1. The number of rotatable bonds is 7. The number of ether oxygens (including phenoxy) is 8. The topological polar surface area (TPSA) is 111 Å². The summed E-state index contributed by atoms with van der Waals surface area (Å²) in [4.78, 5) is 13.4. The molecule has 1 N–H and O–H groups in total. The number of hydrogen-bond acceptors (Lipinski definition) is 10. The van der Waals surface area contributed by atoms with Crippen LogP contribution in [0.1, 0.15) is 43.1 Å². The minimum absolute atomic E-state index is 0.0373. The number of fused-ring (bicyclic) bond motifs is 2. The molecule has 0 radical (unpaired) electrons. The maximum absolute atomic E-state index is 13.4. The molecule has 2 aliphatic rings. The van der Waals surface area contributed by atoms with E-state index >= 15 is 0 Å². The Hall–Kier alpha value is -2.47. The van der Waals surface area contributed by atoms with Gasteiger partial charge in [0.05, 0.1) is 13.2 Å². The third-order valence-electron chi connectivity index (χ3n) is 5.73. The van der Waals surface area contributed by atoms with Gasteiger partial charge in [-0.05, 0) is 38.8 Å². The van der Waals surface area contributed by atoms with Crippen molar-refractivity contribution in [2.45, 2.75) is 63.5 Å². The van der Waals surface area contributed by atoms with E-state index in [9.17, 15) is 9.90 Å². The number of esters is 1. The Kier molecular flexibility index (Phi) is 9.89. The first-order valence-corrected chi connectivity index (χ1v) is 11.7. The van der Waals surface area contributed by atoms with E-state index in [1.54, 1.807) is 51.1 Å². The molecule has 0 saturated carbocycles. The van der Waals surface area contributed by atoms with Gasteiger partial charge in [-0.15, -0.1) is 0 Å². The van der Waals surface area contributed by atoms with Crippen molar-refractivity contribution >= 4 is 12.0 Å². The van der Waals surface area contributed by atoms with Gasteiger partial charge in [-0.2, -0.15) is 0 Å². The number of aliphatic hydroxyl groups excluding tert-OH is 1. The second-order valence-corrected chi connectivity index (χ2v) is 8.94. The highest BCUT2D eigenvalue weighted by atomic mass is 16.8. The highest BCUT2D eigenvalue weighted by Gasteiger charge is 2.43. The van der Waals surface area contributed by atoms with Crippen molar-refractivity contribution in [2.24, 2.45) is 0 Å².